The van der Waals surface area contributed by atoms with E-state index in [4.69, 9.17) is 10.00 Å². The Bertz CT molecular complexity index is 678. The fraction of sp³-hybridized carbons (Fsp3) is 0.333. The van der Waals surface area contributed by atoms with Crippen LogP contribution >= 0.6 is 0 Å². The van der Waals surface area contributed by atoms with Crippen molar-refractivity contribution in [1.29, 1.82) is 5.26 Å². The Hall–Kier alpha value is -2.72. The van der Waals surface area contributed by atoms with Gasteiger partial charge in [-0.3, -0.25) is 0 Å². The van der Waals surface area contributed by atoms with E-state index in [0.717, 1.165) is 19.4 Å². The predicted molar refractivity (Wildman–Crippen MR) is 81.7 cm³/mol. The lowest BCUT2D eigenvalue weighted by Gasteiger charge is -2.11. The summed E-state index contributed by atoms with van der Waals surface area (Å²) >= 11 is 0. The van der Waals surface area contributed by atoms with E-state index < -0.39 is 0 Å². The van der Waals surface area contributed by atoms with Gasteiger partial charge in [-0.05, 0) is 25.0 Å². The molecule has 0 spiro atoms. The normalized spacial score (nSPS) is 17.0. The molecule has 2 aromatic rings. The number of nitrogens with one attached hydrogen (secondary N) is 2. The Balaban J connectivity index is 1.67. The van der Waals surface area contributed by atoms with Gasteiger partial charge in [0.15, 0.2) is 5.82 Å². The molecule has 0 amide bonds. The first-order chi connectivity index (χ1) is 10.8. The second-order valence-corrected chi connectivity index (χ2v) is 4.96. The largest absolute Gasteiger partial charge is 0.376 e. The van der Waals surface area contributed by atoms with Crippen molar-refractivity contribution >= 4 is 17.5 Å². The molecule has 1 saturated heterocycles. The number of hydrogen-bond donors (Lipinski definition) is 2. The molecule has 1 aliphatic rings. The topological polar surface area (TPSA) is 95.8 Å². The van der Waals surface area contributed by atoms with Gasteiger partial charge in [0.2, 0.25) is 5.95 Å². The number of ether oxygens (including phenoxy) is 1. The third kappa shape index (κ3) is 3.48. The third-order valence-corrected chi connectivity index (χ3v) is 3.38. The summed E-state index contributed by atoms with van der Waals surface area (Å²) in [6, 6.07) is 9.37. The zero-order valence-electron chi connectivity index (χ0n) is 12.0. The molecule has 0 bridgehead atoms. The van der Waals surface area contributed by atoms with Gasteiger partial charge in [-0.2, -0.15) is 15.3 Å². The first-order valence-corrected chi connectivity index (χ1v) is 7.16. The minimum Gasteiger partial charge on any atom is -0.376 e. The monoisotopic (exact) mass is 296 g/mol. The summed E-state index contributed by atoms with van der Waals surface area (Å²) in [6.45, 7) is 1.48. The molecule has 1 aromatic carbocycles. The van der Waals surface area contributed by atoms with Crippen LogP contribution in [-0.4, -0.2) is 34.4 Å². The van der Waals surface area contributed by atoms with Crippen LogP contribution in [0, 0.1) is 11.3 Å². The molecule has 1 aromatic heterocycles. The van der Waals surface area contributed by atoms with Gasteiger partial charge in [-0.15, -0.1) is 5.10 Å². The molecule has 7 nitrogen and oxygen atoms in total. The first-order valence-electron chi connectivity index (χ1n) is 7.16. The van der Waals surface area contributed by atoms with Crippen molar-refractivity contribution in [2.45, 2.75) is 18.9 Å². The van der Waals surface area contributed by atoms with E-state index >= 15 is 0 Å². The molecular formula is C15H16N6O. The molecule has 1 fully saturated rings. The van der Waals surface area contributed by atoms with Gasteiger partial charge >= 0.3 is 0 Å². The Kier molecular flexibility index (Phi) is 4.41. The number of aromatic nitrogens is 3. The van der Waals surface area contributed by atoms with Crippen LogP contribution in [0.5, 0.6) is 0 Å². The molecule has 7 heteroatoms. The summed E-state index contributed by atoms with van der Waals surface area (Å²) in [7, 11) is 0. The third-order valence-electron chi connectivity index (χ3n) is 3.38. The smallest absolute Gasteiger partial charge is 0.244 e. The van der Waals surface area contributed by atoms with Gasteiger partial charge in [0, 0.05) is 13.2 Å². The summed E-state index contributed by atoms with van der Waals surface area (Å²) in [5.74, 6) is 0.975. The maximum Gasteiger partial charge on any atom is 0.244 e. The van der Waals surface area contributed by atoms with Gasteiger partial charge in [0.05, 0.1) is 23.6 Å². The van der Waals surface area contributed by atoms with Crippen LogP contribution < -0.4 is 10.6 Å². The van der Waals surface area contributed by atoms with Crippen molar-refractivity contribution in [3.8, 4) is 6.07 Å². The fourth-order valence-corrected chi connectivity index (χ4v) is 2.28. The lowest BCUT2D eigenvalue weighted by Crippen LogP contribution is -2.20. The second-order valence-electron chi connectivity index (χ2n) is 4.96. The van der Waals surface area contributed by atoms with Crippen molar-refractivity contribution in [3.63, 3.8) is 0 Å². The minimum atomic E-state index is 0.208. The van der Waals surface area contributed by atoms with E-state index in [1.165, 1.54) is 6.20 Å². The minimum absolute atomic E-state index is 0.208. The van der Waals surface area contributed by atoms with Crippen LogP contribution in [0.3, 0.4) is 0 Å². The standard InChI is InChI=1S/C15H16N6O/c16-8-11-4-1-2-6-13(11)19-14-10-18-21-15(20-14)17-9-12-5-3-7-22-12/h1-2,4,6,10,12H,3,5,7,9H2,(H2,17,19,20,21). The predicted octanol–water partition coefficient (Wildman–Crippen LogP) is 2.08. The maximum absolute atomic E-state index is 9.09. The number of anilines is 3. The van der Waals surface area contributed by atoms with Crippen LogP contribution in [0.2, 0.25) is 0 Å². The number of nitrogens with zero attached hydrogens (tertiary/aromatic N) is 4. The van der Waals surface area contributed by atoms with Gasteiger partial charge in [0.25, 0.3) is 0 Å². The molecule has 2 N–H and O–H groups in total. The van der Waals surface area contributed by atoms with Crippen molar-refractivity contribution < 1.29 is 4.74 Å². The lowest BCUT2D eigenvalue weighted by atomic mass is 10.2. The Labute approximate surface area is 128 Å². The summed E-state index contributed by atoms with van der Waals surface area (Å²) < 4.78 is 5.54. The lowest BCUT2D eigenvalue weighted by molar-refractivity contribution is 0.120. The van der Waals surface area contributed by atoms with Crippen molar-refractivity contribution in [2.75, 3.05) is 23.8 Å². The van der Waals surface area contributed by atoms with E-state index in [-0.39, 0.29) is 6.10 Å². The zero-order valence-corrected chi connectivity index (χ0v) is 12.0. The Morgan fingerprint density at radius 3 is 3.09 bits per heavy atom. The zero-order chi connectivity index (χ0) is 15.2. The van der Waals surface area contributed by atoms with Crippen LogP contribution in [0.15, 0.2) is 30.5 Å². The number of benzene rings is 1. The molecule has 1 atom stereocenters. The molecule has 22 heavy (non-hydrogen) atoms. The van der Waals surface area contributed by atoms with E-state index in [0.29, 0.717) is 29.6 Å². The molecule has 0 radical (unpaired) electrons. The highest BCUT2D eigenvalue weighted by Gasteiger charge is 2.15. The molecule has 3 rings (SSSR count). The van der Waals surface area contributed by atoms with Crippen LogP contribution in [-0.2, 0) is 4.74 Å². The highest BCUT2D eigenvalue weighted by molar-refractivity contribution is 5.64. The average Bonchev–Trinajstić information content (AvgIpc) is 3.07. The maximum atomic E-state index is 9.09. The number of para-hydroxylation sites is 1. The Morgan fingerprint density at radius 2 is 2.27 bits per heavy atom. The van der Waals surface area contributed by atoms with E-state index in [9.17, 15) is 0 Å². The molecular weight excluding hydrogens is 280 g/mol. The molecule has 2 heterocycles. The van der Waals surface area contributed by atoms with Crippen LogP contribution in [0.1, 0.15) is 18.4 Å². The van der Waals surface area contributed by atoms with Crippen LogP contribution in [0.25, 0.3) is 0 Å². The summed E-state index contributed by atoms with van der Waals surface area (Å²) in [5, 5.41) is 23.2. The second kappa shape index (κ2) is 6.83. The van der Waals surface area contributed by atoms with E-state index in [1.807, 2.05) is 18.2 Å². The summed E-state index contributed by atoms with van der Waals surface area (Å²) in [5.41, 5.74) is 1.24. The molecule has 112 valence electrons. The van der Waals surface area contributed by atoms with Gasteiger partial charge in [-0.1, -0.05) is 12.1 Å². The number of hydrogen-bond acceptors (Lipinski definition) is 7. The van der Waals surface area contributed by atoms with Crippen molar-refractivity contribution in [2.24, 2.45) is 0 Å². The van der Waals surface area contributed by atoms with Gasteiger partial charge in [-0.25, -0.2) is 0 Å². The number of rotatable bonds is 5. The van der Waals surface area contributed by atoms with Crippen molar-refractivity contribution in [3.05, 3.63) is 36.0 Å². The average molecular weight is 296 g/mol. The van der Waals surface area contributed by atoms with E-state index in [1.54, 1.807) is 6.07 Å². The first kappa shape index (κ1) is 14.2. The molecule has 0 aliphatic carbocycles. The summed E-state index contributed by atoms with van der Waals surface area (Å²) in [6.07, 6.45) is 3.87. The highest BCUT2D eigenvalue weighted by Crippen LogP contribution is 2.19. The Morgan fingerprint density at radius 1 is 1.36 bits per heavy atom. The quantitative estimate of drug-likeness (QED) is 0.872. The van der Waals surface area contributed by atoms with E-state index in [2.05, 4.69) is 31.9 Å². The van der Waals surface area contributed by atoms with Crippen molar-refractivity contribution in [1.82, 2.24) is 15.2 Å². The van der Waals surface area contributed by atoms with Crippen LogP contribution in [0.4, 0.5) is 17.5 Å². The fourth-order valence-electron chi connectivity index (χ4n) is 2.28. The number of nitriles is 1. The SMILES string of the molecule is N#Cc1ccccc1Nc1cnnc(NCC2CCCO2)n1. The van der Waals surface area contributed by atoms with Gasteiger partial charge < -0.3 is 15.4 Å². The highest BCUT2D eigenvalue weighted by atomic mass is 16.5. The molecule has 0 saturated carbocycles. The molecule has 1 aliphatic heterocycles. The summed E-state index contributed by atoms with van der Waals surface area (Å²) in [4.78, 5) is 4.34. The molecule has 1 unspecified atom stereocenters. The van der Waals surface area contributed by atoms with Gasteiger partial charge in [0.1, 0.15) is 6.07 Å².